The quantitative estimate of drug-likeness (QED) is 0.777. The summed E-state index contributed by atoms with van der Waals surface area (Å²) >= 11 is 0. The normalized spacial score (nSPS) is 19.9. The van der Waals surface area contributed by atoms with Gasteiger partial charge in [-0.25, -0.2) is 4.98 Å². The zero-order valence-corrected chi connectivity index (χ0v) is 9.57. The van der Waals surface area contributed by atoms with E-state index < -0.39 is 0 Å². The number of hydrogen-bond donors (Lipinski definition) is 2. The predicted molar refractivity (Wildman–Crippen MR) is 60.9 cm³/mol. The van der Waals surface area contributed by atoms with Gasteiger partial charge >= 0.3 is 0 Å². The minimum atomic E-state index is 0.0685. The number of aryl methyl sites for hydroxylation is 1. The van der Waals surface area contributed by atoms with E-state index in [9.17, 15) is 4.79 Å². The summed E-state index contributed by atoms with van der Waals surface area (Å²) in [7, 11) is 1.66. The number of rotatable bonds is 4. The topological polar surface area (TPSA) is 59.0 Å². The Bertz CT molecular complexity index is 355. The zero-order valence-electron chi connectivity index (χ0n) is 9.57. The Labute approximate surface area is 95.2 Å². The molecule has 5 heteroatoms. The lowest BCUT2D eigenvalue weighted by Gasteiger charge is -2.13. The highest BCUT2D eigenvalue weighted by molar-refractivity contribution is 5.75. The molecule has 1 atom stereocenters. The molecule has 2 heterocycles. The molecule has 5 nitrogen and oxygen atoms in total. The standard InChI is InChI=1S/C11H18N4O/c1-12-11(16)4-6-15-8-13-7-10(15)9-3-2-5-14-9/h7-9,14H,2-6H2,1H3,(H,12,16)/t9-/m0/s1. The van der Waals surface area contributed by atoms with E-state index in [0.717, 1.165) is 13.0 Å². The second kappa shape index (κ2) is 5.12. The predicted octanol–water partition coefficient (Wildman–Crippen LogP) is 0.444. The van der Waals surface area contributed by atoms with E-state index in [1.807, 2.05) is 6.20 Å². The Balaban J connectivity index is 1.98. The van der Waals surface area contributed by atoms with Gasteiger partial charge in [0.2, 0.25) is 5.91 Å². The summed E-state index contributed by atoms with van der Waals surface area (Å²) in [4.78, 5) is 15.3. The van der Waals surface area contributed by atoms with Crippen molar-refractivity contribution in [3.8, 4) is 0 Å². The van der Waals surface area contributed by atoms with Gasteiger partial charge in [0.15, 0.2) is 0 Å². The maximum atomic E-state index is 11.2. The van der Waals surface area contributed by atoms with Crippen molar-refractivity contribution in [3.05, 3.63) is 18.2 Å². The Morgan fingerprint density at radius 3 is 3.31 bits per heavy atom. The summed E-state index contributed by atoms with van der Waals surface area (Å²) in [6.07, 6.45) is 6.58. The van der Waals surface area contributed by atoms with Gasteiger partial charge in [-0.2, -0.15) is 0 Å². The van der Waals surface area contributed by atoms with Crippen LogP contribution in [0.5, 0.6) is 0 Å². The average molecular weight is 222 g/mol. The highest BCUT2D eigenvalue weighted by Crippen LogP contribution is 2.22. The van der Waals surface area contributed by atoms with Crippen LogP contribution in [-0.2, 0) is 11.3 Å². The molecule has 0 spiro atoms. The number of carbonyl (C=O) groups is 1. The van der Waals surface area contributed by atoms with Gasteiger partial charge in [-0.05, 0) is 19.4 Å². The van der Waals surface area contributed by atoms with Crippen molar-refractivity contribution in [2.45, 2.75) is 31.8 Å². The third kappa shape index (κ3) is 2.41. The monoisotopic (exact) mass is 222 g/mol. The molecule has 1 amide bonds. The molecule has 0 aromatic carbocycles. The molecule has 16 heavy (non-hydrogen) atoms. The molecular weight excluding hydrogens is 204 g/mol. The van der Waals surface area contributed by atoms with Crippen LogP contribution in [0.3, 0.4) is 0 Å². The van der Waals surface area contributed by atoms with Crippen molar-refractivity contribution < 1.29 is 4.79 Å². The van der Waals surface area contributed by atoms with Crippen LogP contribution in [-0.4, -0.2) is 29.1 Å². The smallest absolute Gasteiger partial charge is 0.221 e. The van der Waals surface area contributed by atoms with Crippen LogP contribution in [0.2, 0.25) is 0 Å². The number of amides is 1. The fourth-order valence-electron chi connectivity index (χ4n) is 2.09. The second-order valence-corrected chi connectivity index (χ2v) is 4.08. The van der Waals surface area contributed by atoms with Crippen LogP contribution in [0.25, 0.3) is 0 Å². The molecule has 1 aliphatic heterocycles. The van der Waals surface area contributed by atoms with E-state index >= 15 is 0 Å². The first kappa shape index (κ1) is 11.1. The molecule has 0 bridgehead atoms. The van der Waals surface area contributed by atoms with E-state index in [1.165, 1.54) is 12.1 Å². The number of carbonyl (C=O) groups excluding carboxylic acids is 1. The van der Waals surface area contributed by atoms with Crippen molar-refractivity contribution >= 4 is 5.91 Å². The fourth-order valence-corrected chi connectivity index (χ4v) is 2.09. The van der Waals surface area contributed by atoms with Gasteiger partial charge in [0.05, 0.1) is 12.0 Å². The van der Waals surface area contributed by atoms with Gasteiger partial charge < -0.3 is 15.2 Å². The molecule has 1 aromatic rings. The average Bonchev–Trinajstić information content (AvgIpc) is 2.95. The fraction of sp³-hybridized carbons (Fsp3) is 0.636. The van der Waals surface area contributed by atoms with E-state index in [1.54, 1.807) is 13.4 Å². The number of nitrogens with zero attached hydrogens (tertiary/aromatic N) is 2. The summed E-state index contributed by atoms with van der Waals surface area (Å²) in [5.41, 5.74) is 1.20. The van der Waals surface area contributed by atoms with Gasteiger partial charge in [0.1, 0.15) is 0 Å². The lowest BCUT2D eigenvalue weighted by atomic mass is 10.2. The minimum absolute atomic E-state index is 0.0685. The molecule has 1 fully saturated rings. The Morgan fingerprint density at radius 2 is 2.62 bits per heavy atom. The van der Waals surface area contributed by atoms with Crippen molar-refractivity contribution in [2.24, 2.45) is 0 Å². The third-order valence-electron chi connectivity index (χ3n) is 3.02. The molecule has 2 rings (SSSR count). The first-order valence-corrected chi connectivity index (χ1v) is 5.75. The molecule has 0 unspecified atom stereocenters. The largest absolute Gasteiger partial charge is 0.359 e. The summed E-state index contributed by atoms with van der Waals surface area (Å²) in [5.74, 6) is 0.0685. The van der Waals surface area contributed by atoms with Crippen LogP contribution in [0.4, 0.5) is 0 Å². The molecule has 0 aliphatic carbocycles. The maximum absolute atomic E-state index is 11.2. The molecule has 1 saturated heterocycles. The lowest BCUT2D eigenvalue weighted by molar-refractivity contribution is -0.120. The Morgan fingerprint density at radius 1 is 1.75 bits per heavy atom. The molecule has 2 N–H and O–H groups in total. The van der Waals surface area contributed by atoms with E-state index in [2.05, 4.69) is 20.2 Å². The van der Waals surface area contributed by atoms with Gasteiger partial charge in [0, 0.05) is 32.3 Å². The third-order valence-corrected chi connectivity index (χ3v) is 3.02. The number of hydrogen-bond acceptors (Lipinski definition) is 3. The van der Waals surface area contributed by atoms with Crippen LogP contribution in [0.15, 0.2) is 12.5 Å². The minimum Gasteiger partial charge on any atom is -0.359 e. The summed E-state index contributed by atoms with van der Waals surface area (Å²) in [6.45, 7) is 1.78. The highest BCUT2D eigenvalue weighted by Gasteiger charge is 2.19. The van der Waals surface area contributed by atoms with Gasteiger partial charge in [-0.3, -0.25) is 4.79 Å². The Hall–Kier alpha value is -1.36. The van der Waals surface area contributed by atoms with Crippen molar-refractivity contribution in [2.75, 3.05) is 13.6 Å². The van der Waals surface area contributed by atoms with E-state index in [4.69, 9.17) is 0 Å². The summed E-state index contributed by atoms with van der Waals surface area (Å²) < 4.78 is 2.07. The number of imidazole rings is 1. The number of aromatic nitrogens is 2. The van der Waals surface area contributed by atoms with E-state index in [-0.39, 0.29) is 5.91 Å². The molecule has 1 aromatic heterocycles. The molecule has 1 aliphatic rings. The van der Waals surface area contributed by atoms with Gasteiger partial charge in [-0.15, -0.1) is 0 Å². The van der Waals surface area contributed by atoms with Crippen LogP contribution >= 0.6 is 0 Å². The van der Waals surface area contributed by atoms with Crippen molar-refractivity contribution in [1.82, 2.24) is 20.2 Å². The van der Waals surface area contributed by atoms with Gasteiger partial charge in [-0.1, -0.05) is 0 Å². The second-order valence-electron chi connectivity index (χ2n) is 4.08. The van der Waals surface area contributed by atoms with E-state index in [0.29, 0.717) is 19.0 Å². The zero-order chi connectivity index (χ0) is 11.4. The lowest BCUT2D eigenvalue weighted by Crippen LogP contribution is -2.21. The SMILES string of the molecule is CNC(=O)CCn1cncc1[C@@H]1CCCN1. The molecule has 0 radical (unpaired) electrons. The molecule has 0 saturated carbocycles. The number of nitrogens with one attached hydrogen (secondary N) is 2. The molecular formula is C11H18N4O. The first-order chi connectivity index (χ1) is 7.81. The maximum Gasteiger partial charge on any atom is 0.221 e. The van der Waals surface area contributed by atoms with Crippen molar-refractivity contribution in [3.63, 3.8) is 0 Å². The van der Waals surface area contributed by atoms with Crippen LogP contribution in [0.1, 0.15) is 31.0 Å². The van der Waals surface area contributed by atoms with Crippen molar-refractivity contribution in [1.29, 1.82) is 0 Å². The van der Waals surface area contributed by atoms with Crippen LogP contribution in [0, 0.1) is 0 Å². The summed E-state index contributed by atoms with van der Waals surface area (Å²) in [6, 6.07) is 0.409. The van der Waals surface area contributed by atoms with Gasteiger partial charge in [0.25, 0.3) is 0 Å². The summed E-state index contributed by atoms with van der Waals surface area (Å²) in [5, 5.41) is 6.07. The first-order valence-electron chi connectivity index (χ1n) is 5.75. The van der Waals surface area contributed by atoms with Crippen LogP contribution < -0.4 is 10.6 Å². The Kier molecular flexibility index (Phi) is 3.56. The highest BCUT2D eigenvalue weighted by atomic mass is 16.1. The molecule has 88 valence electrons.